The zero-order valence-electron chi connectivity index (χ0n) is 24.7. The van der Waals surface area contributed by atoms with E-state index < -0.39 is 82.5 Å². The maximum Gasteiger partial charge on any atom is 0.338 e. The molecule has 3 aliphatic carbocycles. The molecule has 11 heteroatoms. The molecular weight excluding hydrogens is 548 g/mol. The van der Waals surface area contributed by atoms with Crippen molar-refractivity contribution in [1.29, 1.82) is 0 Å². The number of carbonyl (C=O) groups excluding carboxylic acids is 3. The Labute approximate surface area is 244 Å². The summed E-state index contributed by atoms with van der Waals surface area (Å²) in [4.78, 5) is 38.6. The van der Waals surface area contributed by atoms with Gasteiger partial charge in [-0.3, -0.25) is 9.59 Å². The molecule has 1 aromatic carbocycles. The lowest BCUT2D eigenvalue weighted by atomic mass is 9.49. The van der Waals surface area contributed by atoms with Crippen molar-refractivity contribution in [3.63, 3.8) is 0 Å². The van der Waals surface area contributed by atoms with Crippen LogP contribution in [0.25, 0.3) is 0 Å². The Morgan fingerprint density at radius 2 is 1.67 bits per heavy atom. The Morgan fingerprint density at radius 3 is 2.19 bits per heavy atom. The molecule has 4 N–H and O–H groups in total. The number of carbonyl (C=O) groups is 3. The molecule has 42 heavy (non-hydrogen) atoms. The summed E-state index contributed by atoms with van der Waals surface area (Å²) in [6, 6.07) is 8.18. The second-order valence-corrected chi connectivity index (χ2v) is 13.0. The number of ether oxygens (including phenoxy) is 4. The average Bonchev–Trinajstić information content (AvgIpc) is 3.17. The van der Waals surface area contributed by atoms with Crippen molar-refractivity contribution in [2.24, 2.45) is 16.7 Å². The molecule has 3 fully saturated rings. The van der Waals surface area contributed by atoms with Crippen LogP contribution in [0.4, 0.5) is 0 Å². The van der Waals surface area contributed by atoms with Crippen LogP contribution in [0, 0.1) is 16.7 Å². The van der Waals surface area contributed by atoms with Gasteiger partial charge in [-0.15, -0.1) is 0 Å². The summed E-state index contributed by atoms with van der Waals surface area (Å²) in [6.45, 7) is 8.53. The average molecular weight is 589 g/mol. The fraction of sp³-hybridized carbons (Fsp3) is 0.645. The van der Waals surface area contributed by atoms with Gasteiger partial charge in [-0.25, -0.2) is 4.79 Å². The van der Waals surface area contributed by atoms with Crippen molar-refractivity contribution in [3.05, 3.63) is 47.0 Å². The molecule has 11 nitrogen and oxygen atoms in total. The molecule has 1 aromatic rings. The van der Waals surface area contributed by atoms with E-state index in [2.05, 4.69) is 0 Å². The molecule has 2 saturated carbocycles. The maximum absolute atomic E-state index is 13.8. The molecular formula is C31H40O11. The molecule has 0 bridgehead atoms. The van der Waals surface area contributed by atoms with E-state index in [1.165, 1.54) is 27.7 Å². The zero-order valence-corrected chi connectivity index (χ0v) is 24.7. The van der Waals surface area contributed by atoms with E-state index in [1.54, 1.807) is 44.2 Å². The minimum Gasteiger partial charge on any atom is -0.458 e. The van der Waals surface area contributed by atoms with Crippen molar-refractivity contribution in [3.8, 4) is 0 Å². The lowest BCUT2D eigenvalue weighted by Crippen LogP contribution is -2.78. The number of hydrogen-bond acceptors (Lipinski definition) is 11. The van der Waals surface area contributed by atoms with Crippen molar-refractivity contribution in [2.75, 3.05) is 6.61 Å². The smallest absolute Gasteiger partial charge is 0.338 e. The van der Waals surface area contributed by atoms with E-state index in [0.717, 1.165) is 0 Å². The monoisotopic (exact) mass is 588 g/mol. The van der Waals surface area contributed by atoms with Gasteiger partial charge in [0.25, 0.3) is 0 Å². The van der Waals surface area contributed by atoms with Gasteiger partial charge in [0.1, 0.15) is 24.4 Å². The SMILES string of the molecule is CC(=O)O[C@H]1C[C@]2(C(C)(C)O)C(=C1C)[C@@H](O)[C@H](O)[C@@]1(C)C([C@@H]2OC(=O)c2ccccc2)[C@]2(OC(C)=O)CO[C@@H]2C[C@@H]1O. The second kappa shape index (κ2) is 10.1. The summed E-state index contributed by atoms with van der Waals surface area (Å²) in [5.74, 6) is -3.19. The molecule has 0 radical (unpaired) electrons. The quantitative estimate of drug-likeness (QED) is 0.223. The predicted octanol–water partition coefficient (Wildman–Crippen LogP) is 1.44. The maximum atomic E-state index is 13.8. The number of esters is 3. The highest BCUT2D eigenvalue weighted by molar-refractivity contribution is 5.89. The van der Waals surface area contributed by atoms with Crippen LogP contribution in [0.2, 0.25) is 0 Å². The molecule has 0 aromatic heterocycles. The van der Waals surface area contributed by atoms with E-state index in [-0.39, 0.29) is 30.6 Å². The van der Waals surface area contributed by atoms with Gasteiger partial charge < -0.3 is 39.4 Å². The van der Waals surface area contributed by atoms with Crippen molar-refractivity contribution in [1.82, 2.24) is 0 Å². The molecule has 10 atom stereocenters. The number of benzene rings is 1. The minimum atomic E-state index is -1.77. The van der Waals surface area contributed by atoms with Gasteiger partial charge in [0.05, 0.1) is 41.3 Å². The first kappa shape index (κ1) is 30.6. The first-order chi connectivity index (χ1) is 19.5. The fourth-order valence-electron chi connectivity index (χ4n) is 8.32. The number of rotatable bonds is 5. The van der Waals surface area contributed by atoms with Crippen LogP contribution in [-0.2, 0) is 28.5 Å². The summed E-state index contributed by atoms with van der Waals surface area (Å²) in [7, 11) is 0. The highest BCUT2D eigenvalue weighted by Crippen LogP contribution is 2.67. The van der Waals surface area contributed by atoms with Gasteiger partial charge in [0.2, 0.25) is 0 Å². The summed E-state index contributed by atoms with van der Waals surface area (Å²) in [5, 5.41) is 47.6. The molecule has 4 aliphatic rings. The molecule has 0 amide bonds. The number of hydrogen-bond donors (Lipinski definition) is 4. The van der Waals surface area contributed by atoms with E-state index in [4.69, 9.17) is 18.9 Å². The van der Waals surface area contributed by atoms with Gasteiger partial charge in [-0.2, -0.15) is 0 Å². The van der Waals surface area contributed by atoms with E-state index in [9.17, 15) is 34.8 Å². The number of aliphatic hydroxyl groups excluding tert-OH is 3. The van der Waals surface area contributed by atoms with Crippen molar-refractivity contribution < 1.29 is 53.8 Å². The topological polar surface area (TPSA) is 169 Å². The van der Waals surface area contributed by atoms with Crippen molar-refractivity contribution in [2.45, 2.75) is 102 Å². The van der Waals surface area contributed by atoms with Crippen LogP contribution in [0.1, 0.15) is 64.7 Å². The Balaban J connectivity index is 1.84. The predicted molar refractivity (Wildman–Crippen MR) is 146 cm³/mol. The normalized spacial score (nSPS) is 41.0. The van der Waals surface area contributed by atoms with Crippen LogP contribution in [0.5, 0.6) is 0 Å². The Morgan fingerprint density at radius 1 is 1.02 bits per heavy atom. The third kappa shape index (κ3) is 4.16. The third-order valence-electron chi connectivity index (χ3n) is 10.3. The van der Waals surface area contributed by atoms with E-state index in [1.807, 2.05) is 0 Å². The summed E-state index contributed by atoms with van der Waals surface area (Å²) in [6.07, 6.45) is -7.92. The Bertz CT molecular complexity index is 1300. The highest BCUT2D eigenvalue weighted by Gasteiger charge is 2.79. The summed E-state index contributed by atoms with van der Waals surface area (Å²) < 4.78 is 23.8. The van der Waals surface area contributed by atoms with Gasteiger partial charge in [0.15, 0.2) is 5.60 Å². The van der Waals surface area contributed by atoms with Crippen LogP contribution in [0.15, 0.2) is 41.5 Å². The van der Waals surface area contributed by atoms with Gasteiger partial charge >= 0.3 is 17.9 Å². The molecule has 1 heterocycles. The van der Waals surface area contributed by atoms with E-state index in [0.29, 0.717) is 5.57 Å². The Kier molecular flexibility index (Phi) is 7.38. The Hall–Kier alpha value is -2.83. The minimum absolute atomic E-state index is 0.0208. The molecule has 1 saturated heterocycles. The molecule has 0 spiro atoms. The largest absolute Gasteiger partial charge is 0.458 e. The lowest BCUT2D eigenvalue weighted by molar-refractivity contribution is -0.351. The van der Waals surface area contributed by atoms with Crippen LogP contribution >= 0.6 is 0 Å². The first-order valence-corrected chi connectivity index (χ1v) is 14.2. The standard InChI is InChI=1S/C31H40O11/c1-15-19(40-16(2)32)13-30(28(4,5)38)22(15)23(35)25(36)29(6)20(34)12-21-31(14-39-21,42-17(3)33)24(29)26(30)41-27(37)18-10-8-7-9-11-18/h7-11,19-21,23-26,34-36,38H,12-14H2,1-6H3/t19-,20-,21+,23+,24?,25-,26-,29+,30-,31-/m0/s1. The van der Waals surface area contributed by atoms with Crippen LogP contribution in [-0.4, -0.2) is 92.8 Å². The summed E-state index contributed by atoms with van der Waals surface area (Å²) in [5.41, 5.74) is -5.81. The molecule has 230 valence electrons. The van der Waals surface area contributed by atoms with Gasteiger partial charge in [-0.1, -0.05) is 25.1 Å². The van der Waals surface area contributed by atoms with Gasteiger partial charge in [-0.05, 0) is 44.1 Å². The highest BCUT2D eigenvalue weighted by atomic mass is 16.6. The zero-order chi connectivity index (χ0) is 31.0. The third-order valence-corrected chi connectivity index (χ3v) is 10.3. The molecule has 5 rings (SSSR count). The van der Waals surface area contributed by atoms with Crippen molar-refractivity contribution >= 4 is 17.9 Å². The first-order valence-electron chi connectivity index (χ1n) is 14.2. The van der Waals surface area contributed by atoms with Gasteiger partial charge in [0, 0.05) is 32.1 Å². The van der Waals surface area contributed by atoms with Crippen LogP contribution in [0.3, 0.4) is 0 Å². The van der Waals surface area contributed by atoms with Crippen LogP contribution < -0.4 is 0 Å². The molecule has 1 unspecified atom stereocenters. The second-order valence-electron chi connectivity index (χ2n) is 13.0. The lowest BCUT2D eigenvalue weighted by Gasteiger charge is -2.65. The molecule has 1 aliphatic heterocycles. The summed E-state index contributed by atoms with van der Waals surface area (Å²) >= 11 is 0. The number of fused-ring (bicyclic) bond motifs is 4. The number of aliphatic hydroxyl groups is 4. The van der Waals surface area contributed by atoms with E-state index >= 15 is 0 Å². The fourth-order valence-corrected chi connectivity index (χ4v) is 8.32.